The number of hydrogen-bond acceptors (Lipinski definition) is 2. The summed E-state index contributed by atoms with van der Waals surface area (Å²) in [5, 5.41) is 5.99. The lowest BCUT2D eigenvalue weighted by molar-refractivity contribution is 0.145. The highest BCUT2D eigenvalue weighted by Gasteiger charge is 2.21. The normalized spacial score (nSPS) is 17.5. The van der Waals surface area contributed by atoms with Crippen LogP contribution < -0.4 is 10.1 Å². The van der Waals surface area contributed by atoms with Crippen LogP contribution in [0.5, 0.6) is 5.75 Å². The van der Waals surface area contributed by atoms with Crippen LogP contribution in [0.3, 0.4) is 0 Å². The van der Waals surface area contributed by atoms with Gasteiger partial charge in [-0.15, -0.1) is 0 Å². The van der Waals surface area contributed by atoms with Gasteiger partial charge in [-0.3, -0.25) is 5.32 Å². The number of hydrogen-bond donors (Lipinski definition) is 1. The molecule has 2 nitrogen and oxygen atoms in total. The van der Waals surface area contributed by atoms with Crippen LogP contribution in [0.1, 0.15) is 17.4 Å². The molecule has 0 aromatic heterocycles. The first kappa shape index (κ1) is 11.5. The zero-order chi connectivity index (χ0) is 13.4. The number of nitrogens with one attached hydrogen (secondary N) is 1. The fourth-order valence-electron chi connectivity index (χ4n) is 2.79. The Morgan fingerprint density at radius 1 is 0.850 bits per heavy atom. The minimum atomic E-state index is -0.0649. The fraction of sp³-hybridized carbons (Fsp3) is 0.111. The van der Waals surface area contributed by atoms with E-state index >= 15 is 0 Å². The van der Waals surface area contributed by atoms with Crippen molar-refractivity contribution in [1.29, 1.82) is 0 Å². The van der Waals surface area contributed by atoms with Gasteiger partial charge < -0.3 is 4.74 Å². The highest BCUT2D eigenvalue weighted by atomic mass is 16.5. The van der Waals surface area contributed by atoms with E-state index in [1.165, 1.54) is 16.3 Å². The molecule has 20 heavy (non-hydrogen) atoms. The smallest absolute Gasteiger partial charge is 0.176 e. The van der Waals surface area contributed by atoms with E-state index in [1.807, 2.05) is 18.2 Å². The maximum atomic E-state index is 6.11. The van der Waals surface area contributed by atoms with Crippen LogP contribution in [-0.4, -0.2) is 0 Å². The fourth-order valence-corrected chi connectivity index (χ4v) is 2.79. The van der Waals surface area contributed by atoms with E-state index in [-0.39, 0.29) is 6.23 Å². The molecule has 0 bridgehead atoms. The van der Waals surface area contributed by atoms with Crippen LogP contribution in [0.15, 0.2) is 66.7 Å². The third-order valence-corrected chi connectivity index (χ3v) is 3.81. The molecule has 1 unspecified atom stereocenters. The number of rotatable bonds is 1. The van der Waals surface area contributed by atoms with Crippen LogP contribution in [-0.2, 0) is 6.54 Å². The zero-order valence-corrected chi connectivity index (χ0v) is 11.0. The van der Waals surface area contributed by atoms with E-state index < -0.39 is 0 Å². The Bertz CT molecular complexity index is 752. The van der Waals surface area contributed by atoms with Gasteiger partial charge >= 0.3 is 0 Å². The third-order valence-electron chi connectivity index (χ3n) is 3.81. The first-order valence-electron chi connectivity index (χ1n) is 6.87. The second-order valence-electron chi connectivity index (χ2n) is 5.05. The standard InChI is InChI=1S/C18H15NO/c1-2-7-14(8-3-1)18-19-12-16-15-9-5-4-6-13(15)10-11-17(16)20-18/h1-11,18-19H,12H2. The highest BCUT2D eigenvalue weighted by Crippen LogP contribution is 2.34. The summed E-state index contributed by atoms with van der Waals surface area (Å²) >= 11 is 0. The minimum absolute atomic E-state index is 0.0649. The van der Waals surface area contributed by atoms with Crippen molar-refractivity contribution < 1.29 is 4.74 Å². The minimum Gasteiger partial charge on any atom is -0.471 e. The van der Waals surface area contributed by atoms with Gasteiger partial charge in [0, 0.05) is 17.7 Å². The molecular formula is C18H15NO. The molecule has 1 heterocycles. The lowest BCUT2D eigenvalue weighted by Crippen LogP contribution is -2.30. The molecule has 0 fully saturated rings. The SMILES string of the molecule is c1ccc(C2NCc3c(ccc4ccccc34)O2)cc1. The molecule has 1 aliphatic heterocycles. The van der Waals surface area contributed by atoms with Gasteiger partial charge in [-0.2, -0.15) is 0 Å². The van der Waals surface area contributed by atoms with Crippen LogP contribution in [0.2, 0.25) is 0 Å². The molecule has 0 radical (unpaired) electrons. The Kier molecular flexibility index (Phi) is 2.68. The Morgan fingerprint density at radius 2 is 1.65 bits per heavy atom. The van der Waals surface area contributed by atoms with E-state index in [1.54, 1.807) is 0 Å². The van der Waals surface area contributed by atoms with Crippen LogP contribution in [0.4, 0.5) is 0 Å². The third kappa shape index (κ3) is 1.86. The van der Waals surface area contributed by atoms with Gasteiger partial charge in [0.2, 0.25) is 0 Å². The van der Waals surface area contributed by atoms with Crippen molar-refractivity contribution in [1.82, 2.24) is 5.32 Å². The van der Waals surface area contributed by atoms with Crippen molar-refractivity contribution >= 4 is 10.8 Å². The largest absolute Gasteiger partial charge is 0.471 e. The molecule has 0 spiro atoms. The van der Waals surface area contributed by atoms with E-state index in [2.05, 4.69) is 53.8 Å². The van der Waals surface area contributed by atoms with Crippen LogP contribution in [0.25, 0.3) is 10.8 Å². The van der Waals surface area contributed by atoms with Gasteiger partial charge in [0.25, 0.3) is 0 Å². The highest BCUT2D eigenvalue weighted by molar-refractivity contribution is 5.87. The summed E-state index contributed by atoms with van der Waals surface area (Å²) in [6, 6.07) is 22.9. The lowest BCUT2D eigenvalue weighted by Gasteiger charge is -2.28. The monoisotopic (exact) mass is 261 g/mol. The molecule has 2 heteroatoms. The topological polar surface area (TPSA) is 21.3 Å². The molecule has 0 saturated carbocycles. The average Bonchev–Trinajstić information content (AvgIpc) is 2.55. The summed E-state index contributed by atoms with van der Waals surface area (Å²) in [4.78, 5) is 0. The Hall–Kier alpha value is -2.32. The summed E-state index contributed by atoms with van der Waals surface area (Å²) in [5.41, 5.74) is 2.40. The maximum absolute atomic E-state index is 6.11. The molecule has 0 saturated heterocycles. The molecule has 1 atom stereocenters. The van der Waals surface area contributed by atoms with E-state index in [4.69, 9.17) is 4.74 Å². The van der Waals surface area contributed by atoms with Crippen LogP contribution in [0, 0.1) is 0 Å². The molecule has 0 aliphatic carbocycles. The maximum Gasteiger partial charge on any atom is 0.176 e. The summed E-state index contributed by atoms with van der Waals surface area (Å²) in [6.07, 6.45) is -0.0649. The van der Waals surface area contributed by atoms with Gasteiger partial charge in [-0.1, -0.05) is 60.7 Å². The predicted octanol–water partition coefficient (Wildman–Crippen LogP) is 4.02. The van der Waals surface area contributed by atoms with Gasteiger partial charge in [-0.05, 0) is 16.8 Å². The number of fused-ring (bicyclic) bond motifs is 3. The Morgan fingerprint density at radius 3 is 2.55 bits per heavy atom. The average molecular weight is 261 g/mol. The molecule has 3 aromatic carbocycles. The summed E-state index contributed by atoms with van der Waals surface area (Å²) in [6.45, 7) is 0.830. The van der Waals surface area contributed by atoms with Gasteiger partial charge in [-0.25, -0.2) is 0 Å². The second-order valence-corrected chi connectivity index (χ2v) is 5.05. The molecule has 1 aliphatic rings. The Balaban J connectivity index is 1.75. The predicted molar refractivity (Wildman–Crippen MR) is 80.6 cm³/mol. The summed E-state index contributed by atoms with van der Waals surface area (Å²) in [5.74, 6) is 0.983. The van der Waals surface area contributed by atoms with Crippen molar-refractivity contribution in [2.24, 2.45) is 0 Å². The molecule has 3 aromatic rings. The van der Waals surface area contributed by atoms with Gasteiger partial charge in [0.1, 0.15) is 5.75 Å². The van der Waals surface area contributed by atoms with Crippen molar-refractivity contribution in [3.05, 3.63) is 77.9 Å². The van der Waals surface area contributed by atoms with E-state index in [9.17, 15) is 0 Å². The van der Waals surface area contributed by atoms with Crippen molar-refractivity contribution in [2.45, 2.75) is 12.8 Å². The van der Waals surface area contributed by atoms with Gasteiger partial charge in [0.15, 0.2) is 6.23 Å². The van der Waals surface area contributed by atoms with E-state index in [0.717, 1.165) is 17.9 Å². The van der Waals surface area contributed by atoms with Crippen molar-refractivity contribution in [2.75, 3.05) is 0 Å². The Labute approximate surface area is 118 Å². The number of ether oxygens (including phenoxy) is 1. The summed E-state index contributed by atoms with van der Waals surface area (Å²) < 4.78 is 6.11. The molecule has 98 valence electrons. The molecule has 0 amide bonds. The number of benzene rings is 3. The molecule has 1 N–H and O–H groups in total. The molecular weight excluding hydrogens is 246 g/mol. The first-order chi connectivity index (χ1) is 9.92. The lowest BCUT2D eigenvalue weighted by atomic mass is 10.0. The van der Waals surface area contributed by atoms with Crippen molar-refractivity contribution in [3.63, 3.8) is 0 Å². The van der Waals surface area contributed by atoms with Gasteiger partial charge in [0.05, 0.1) is 0 Å². The summed E-state index contributed by atoms with van der Waals surface area (Å²) in [7, 11) is 0. The van der Waals surface area contributed by atoms with Crippen LogP contribution >= 0.6 is 0 Å². The van der Waals surface area contributed by atoms with E-state index in [0.29, 0.717) is 0 Å². The first-order valence-corrected chi connectivity index (χ1v) is 6.87. The zero-order valence-electron chi connectivity index (χ0n) is 11.0. The second kappa shape index (κ2) is 4.66. The molecule has 4 rings (SSSR count). The quantitative estimate of drug-likeness (QED) is 0.714. The van der Waals surface area contributed by atoms with Crippen molar-refractivity contribution in [3.8, 4) is 5.75 Å².